The Morgan fingerprint density at radius 3 is 2.30 bits per heavy atom. The molecule has 3 rings (SSSR count). The first-order valence-electron chi connectivity index (χ1n) is 10.4. The number of ether oxygens (including phenoxy) is 1. The lowest BCUT2D eigenvalue weighted by atomic mass is 9.72. The lowest BCUT2D eigenvalue weighted by molar-refractivity contribution is -0.479. The number of fused-ring (bicyclic) bond motifs is 1. The molecule has 0 spiro atoms. The van der Waals surface area contributed by atoms with Gasteiger partial charge in [0.15, 0.2) is 0 Å². The summed E-state index contributed by atoms with van der Waals surface area (Å²) in [5.41, 5.74) is 0.0677. The molecule has 0 aliphatic heterocycles. The van der Waals surface area contributed by atoms with E-state index < -0.39 is 16.7 Å². The SMILES string of the molecule is CC(C)(C)C1CCC(Oc2ccc3cc(CC[N+](=O)[O-])ccc3c2C(F)(F)F)CC1. The van der Waals surface area contributed by atoms with E-state index in [-0.39, 0.29) is 35.6 Å². The number of alkyl halides is 3. The van der Waals surface area contributed by atoms with E-state index in [2.05, 4.69) is 20.8 Å². The number of hydrogen-bond acceptors (Lipinski definition) is 3. The molecule has 1 aliphatic carbocycles. The maximum absolute atomic E-state index is 13.9. The Hall–Kier alpha value is -2.31. The summed E-state index contributed by atoms with van der Waals surface area (Å²) in [5, 5.41) is 11.0. The molecule has 164 valence electrons. The number of nitro groups is 1. The molecular weight excluding hydrogens is 395 g/mol. The van der Waals surface area contributed by atoms with Gasteiger partial charge < -0.3 is 4.74 Å². The standard InChI is InChI=1S/C23H28F3NO3/c1-22(2,3)17-6-8-18(9-7-17)30-20-11-5-16-14-15(12-13-27(28)29)4-10-19(16)21(20)23(24,25)26/h4-5,10-11,14,17-18H,6-9,12-13H2,1-3H3. The predicted octanol–water partition coefficient (Wildman–Crippen LogP) is 6.66. The van der Waals surface area contributed by atoms with Crippen LogP contribution in [0.5, 0.6) is 5.75 Å². The van der Waals surface area contributed by atoms with Gasteiger partial charge in [0, 0.05) is 11.3 Å². The molecule has 30 heavy (non-hydrogen) atoms. The van der Waals surface area contributed by atoms with Crippen molar-refractivity contribution in [2.24, 2.45) is 11.3 Å². The van der Waals surface area contributed by atoms with Crippen LogP contribution < -0.4 is 4.74 Å². The first-order valence-corrected chi connectivity index (χ1v) is 10.4. The Morgan fingerprint density at radius 2 is 1.73 bits per heavy atom. The van der Waals surface area contributed by atoms with Crippen molar-refractivity contribution in [2.75, 3.05) is 6.54 Å². The van der Waals surface area contributed by atoms with E-state index in [0.717, 1.165) is 25.7 Å². The Bertz CT molecular complexity index is 910. The van der Waals surface area contributed by atoms with Crippen LogP contribution in [0.2, 0.25) is 0 Å². The van der Waals surface area contributed by atoms with Crippen LogP contribution in [0.3, 0.4) is 0 Å². The van der Waals surface area contributed by atoms with Gasteiger partial charge in [0.2, 0.25) is 6.54 Å². The van der Waals surface area contributed by atoms with E-state index in [1.54, 1.807) is 12.1 Å². The quantitative estimate of drug-likeness (QED) is 0.399. The minimum absolute atomic E-state index is 0.0632. The molecule has 0 radical (unpaired) electrons. The number of halogens is 3. The van der Waals surface area contributed by atoms with Crippen LogP contribution in [0.4, 0.5) is 13.2 Å². The third kappa shape index (κ3) is 5.24. The maximum Gasteiger partial charge on any atom is 0.420 e. The summed E-state index contributed by atoms with van der Waals surface area (Å²) in [6, 6.07) is 7.51. The van der Waals surface area contributed by atoms with Crippen LogP contribution >= 0.6 is 0 Å². The van der Waals surface area contributed by atoms with Crippen LogP contribution in [0.25, 0.3) is 10.8 Å². The summed E-state index contributed by atoms with van der Waals surface area (Å²) >= 11 is 0. The Morgan fingerprint density at radius 1 is 1.07 bits per heavy atom. The molecule has 0 heterocycles. The molecular formula is C23H28F3NO3. The fourth-order valence-electron chi connectivity index (χ4n) is 4.35. The summed E-state index contributed by atoms with van der Waals surface area (Å²) in [4.78, 5) is 10.1. The highest BCUT2D eigenvalue weighted by atomic mass is 19.4. The van der Waals surface area contributed by atoms with Crippen molar-refractivity contribution in [1.82, 2.24) is 0 Å². The normalized spacial score (nSPS) is 20.3. The molecule has 2 aromatic rings. The number of rotatable bonds is 5. The van der Waals surface area contributed by atoms with E-state index in [9.17, 15) is 23.3 Å². The summed E-state index contributed by atoms with van der Waals surface area (Å²) < 4.78 is 47.7. The third-order valence-corrected chi connectivity index (χ3v) is 6.11. The van der Waals surface area contributed by atoms with Crippen LogP contribution in [0.1, 0.15) is 57.6 Å². The molecule has 1 fully saturated rings. The largest absolute Gasteiger partial charge is 0.490 e. The first-order chi connectivity index (χ1) is 13.9. The van der Waals surface area contributed by atoms with Crippen LogP contribution in [0.15, 0.2) is 30.3 Å². The smallest absolute Gasteiger partial charge is 0.420 e. The highest BCUT2D eigenvalue weighted by molar-refractivity contribution is 5.89. The zero-order chi connectivity index (χ0) is 22.1. The van der Waals surface area contributed by atoms with Gasteiger partial charge in [-0.2, -0.15) is 13.2 Å². The van der Waals surface area contributed by atoms with Crippen molar-refractivity contribution in [3.8, 4) is 5.75 Å². The second-order valence-electron chi connectivity index (χ2n) is 9.26. The maximum atomic E-state index is 13.9. The van der Waals surface area contributed by atoms with Crippen molar-refractivity contribution in [3.63, 3.8) is 0 Å². The van der Waals surface area contributed by atoms with Crippen LogP contribution in [-0.2, 0) is 12.6 Å². The van der Waals surface area contributed by atoms with E-state index in [0.29, 0.717) is 16.9 Å². The van der Waals surface area contributed by atoms with Gasteiger partial charge in [0.05, 0.1) is 6.10 Å². The minimum atomic E-state index is -4.56. The van der Waals surface area contributed by atoms with Gasteiger partial charge in [0.1, 0.15) is 11.3 Å². The Balaban J connectivity index is 1.86. The van der Waals surface area contributed by atoms with Crippen molar-refractivity contribution in [2.45, 2.75) is 65.2 Å². The van der Waals surface area contributed by atoms with Gasteiger partial charge in [-0.15, -0.1) is 0 Å². The molecule has 0 atom stereocenters. The second kappa shape index (κ2) is 8.44. The van der Waals surface area contributed by atoms with Crippen molar-refractivity contribution < 1.29 is 22.8 Å². The fourth-order valence-corrected chi connectivity index (χ4v) is 4.35. The van der Waals surface area contributed by atoms with Crippen LogP contribution in [-0.4, -0.2) is 17.6 Å². The number of benzene rings is 2. The zero-order valence-electron chi connectivity index (χ0n) is 17.6. The van der Waals surface area contributed by atoms with Crippen LogP contribution in [0, 0.1) is 21.4 Å². The summed E-state index contributed by atoms with van der Waals surface area (Å²) in [6.07, 6.45) is -1.21. The molecule has 7 heteroatoms. The average Bonchev–Trinajstić information content (AvgIpc) is 2.64. The molecule has 0 saturated heterocycles. The fraction of sp³-hybridized carbons (Fsp3) is 0.565. The van der Waals surface area contributed by atoms with Gasteiger partial charge in [-0.3, -0.25) is 10.1 Å². The Labute approximate surface area is 174 Å². The summed E-state index contributed by atoms with van der Waals surface area (Å²) in [5.74, 6) is 0.417. The Kier molecular flexibility index (Phi) is 6.29. The molecule has 4 nitrogen and oxygen atoms in total. The lowest BCUT2D eigenvalue weighted by Crippen LogP contribution is -2.31. The van der Waals surface area contributed by atoms with E-state index >= 15 is 0 Å². The van der Waals surface area contributed by atoms with Gasteiger partial charge in [-0.25, -0.2) is 0 Å². The minimum Gasteiger partial charge on any atom is -0.490 e. The second-order valence-corrected chi connectivity index (χ2v) is 9.26. The molecule has 0 amide bonds. The molecule has 1 aliphatic rings. The highest BCUT2D eigenvalue weighted by Crippen LogP contribution is 2.44. The number of nitrogens with zero attached hydrogens (tertiary/aromatic N) is 1. The van der Waals surface area contributed by atoms with Crippen molar-refractivity contribution in [1.29, 1.82) is 0 Å². The number of hydrogen-bond donors (Lipinski definition) is 0. The van der Waals surface area contributed by atoms with Gasteiger partial charge >= 0.3 is 6.18 Å². The van der Waals surface area contributed by atoms with Gasteiger partial charge in [0.25, 0.3) is 0 Å². The average molecular weight is 423 g/mol. The van der Waals surface area contributed by atoms with E-state index in [4.69, 9.17) is 4.74 Å². The monoisotopic (exact) mass is 423 g/mol. The van der Waals surface area contributed by atoms with E-state index in [1.165, 1.54) is 18.2 Å². The highest BCUT2D eigenvalue weighted by Gasteiger charge is 2.38. The van der Waals surface area contributed by atoms with Crippen molar-refractivity contribution in [3.05, 3.63) is 51.6 Å². The van der Waals surface area contributed by atoms with Gasteiger partial charge in [-0.05, 0) is 59.4 Å². The predicted molar refractivity (Wildman–Crippen MR) is 110 cm³/mol. The molecule has 0 N–H and O–H groups in total. The molecule has 2 aromatic carbocycles. The lowest BCUT2D eigenvalue weighted by Gasteiger charge is -2.37. The zero-order valence-corrected chi connectivity index (χ0v) is 17.6. The molecule has 0 bridgehead atoms. The first kappa shape index (κ1) is 22.4. The van der Waals surface area contributed by atoms with Gasteiger partial charge in [-0.1, -0.05) is 45.0 Å². The van der Waals surface area contributed by atoms with E-state index in [1.807, 2.05) is 0 Å². The van der Waals surface area contributed by atoms with Crippen molar-refractivity contribution >= 4 is 10.8 Å². The summed E-state index contributed by atoms with van der Waals surface area (Å²) in [7, 11) is 0. The topological polar surface area (TPSA) is 52.4 Å². The molecule has 0 unspecified atom stereocenters. The summed E-state index contributed by atoms with van der Waals surface area (Å²) in [6.45, 7) is 6.34. The molecule has 0 aromatic heterocycles. The third-order valence-electron chi connectivity index (χ3n) is 6.11. The molecule has 1 saturated carbocycles.